The van der Waals surface area contributed by atoms with Gasteiger partial charge in [-0.3, -0.25) is 4.79 Å². The molecule has 0 aliphatic heterocycles. The number of hydrogen-bond donors (Lipinski definition) is 1. The van der Waals surface area contributed by atoms with Crippen molar-refractivity contribution in [1.82, 2.24) is 0 Å². The molecule has 0 unspecified atom stereocenters. The topological polar surface area (TPSA) is 37.3 Å². The zero-order chi connectivity index (χ0) is 15.7. The molecule has 4 aliphatic carbocycles. The smallest absolute Gasteiger partial charge is 0.173 e. The minimum atomic E-state index is -1.25. The molecule has 0 heterocycles. The Labute approximate surface area is 132 Å². The standard InChI is InChI=1S/C19H27FO2/c1-18-8-3-4-16(21)13(18)6-5-11-12(18)7-9-19(2)14(11)10-15(20)17(19)22/h6,11-12,14-16,21H,3-5,7-10H2,1-2H3/t11-,12+,14+,15-,16-,18-,19+/m1/s1. The monoisotopic (exact) mass is 306 g/mol. The predicted octanol–water partition coefficient (Wildman–Crippen LogP) is 3.83. The number of rotatable bonds is 0. The van der Waals surface area contributed by atoms with Crippen LogP contribution in [0.4, 0.5) is 4.39 Å². The van der Waals surface area contributed by atoms with Gasteiger partial charge in [-0.1, -0.05) is 19.9 Å². The Kier molecular flexibility index (Phi) is 3.15. The highest BCUT2D eigenvalue weighted by molar-refractivity contribution is 5.91. The summed E-state index contributed by atoms with van der Waals surface area (Å²) in [4.78, 5) is 12.3. The van der Waals surface area contributed by atoms with Crippen LogP contribution in [0.2, 0.25) is 0 Å². The molecule has 3 fully saturated rings. The molecule has 4 rings (SSSR count). The number of carbonyl (C=O) groups excluding carboxylic acids is 1. The van der Waals surface area contributed by atoms with Crippen molar-refractivity contribution in [2.45, 2.75) is 71.1 Å². The molecule has 122 valence electrons. The lowest BCUT2D eigenvalue weighted by Gasteiger charge is -2.56. The van der Waals surface area contributed by atoms with Gasteiger partial charge in [0.25, 0.3) is 0 Å². The van der Waals surface area contributed by atoms with Gasteiger partial charge < -0.3 is 5.11 Å². The van der Waals surface area contributed by atoms with Crippen LogP contribution in [0, 0.1) is 28.6 Å². The normalized spacial score (nSPS) is 54.3. The first-order chi connectivity index (χ1) is 10.4. The first kappa shape index (κ1) is 14.9. The lowest BCUT2D eigenvalue weighted by molar-refractivity contribution is -0.134. The van der Waals surface area contributed by atoms with E-state index in [2.05, 4.69) is 13.0 Å². The number of carbonyl (C=O) groups is 1. The molecule has 4 aliphatic rings. The molecular formula is C19H27FO2. The first-order valence-electron chi connectivity index (χ1n) is 8.95. The van der Waals surface area contributed by atoms with E-state index in [-0.39, 0.29) is 23.2 Å². The van der Waals surface area contributed by atoms with E-state index in [0.717, 1.165) is 38.5 Å². The van der Waals surface area contributed by atoms with Gasteiger partial charge in [-0.2, -0.15) is 0 Å². The third-order valence-electron chi connectivity index (χ3n) is 7.76. The van der Waals surface area contributed by atoms with Crippen molar-refractivity contribution in [2.75, 3.05) is 0 Å². The molecule has 1 N–H and O–H groups in total. The Morgan fingerprint density at radius 3 is 2.73 bits per heavy atom. The van der Waals surface area contributed by atoms with Gasteiger partial charge in [0.1, 0.15) is 0 Å². The van der Waals surface area contributed by atoms with Crippen LogP contribution in [0.5, 0.6) is 0 Å². The summed E-state index contributed by atoms with van der Waals surface area (Å²) >= 11 is 0. The Balaban J connectivity index is 1.72. The van der Waals surface area contributed by atoms with Crippen molar-refractivity contribution in [3.63, 3.8) is 0 Å². The van der Waals surface area contributed by atoms with Gasteiger partial charge in [0.2, 0.25) is 0 Å². The zero-order valence-electron chi connectivity index (χ0n) is 13.6. The number of halogens is 1. The Bertz CT molecular complexity index is 542. The van der Waals surface area contributed by atoms with Crippen LogP contribution in [0.25, 0.3) is 0 Å². The van der Waals surface area contributed by atoms with Crippen LogP contribution in [0.15, 0.2) is 11.6 Å². The highest BCUT2D eigenvalue weighted by Crippen LogP contribution is 2.64. The molecule has 22 heavy (non-hydrogen) atoms. The Morgan fingerprint density at radius 2 is 1.95 bits per heavy atom. The molecule has 0 bridgehead atoms. The number of ketones is 1. The SMILES string of the molecule is C[C@]12CCC[C@@H](O)C1=CC[C@@H]1[C@@H]2CC[C@]2(C)C(=O)[C@H](F)C[C@@H]12. The Hall–Kier alpha value is -0.700. The van der Waals surface area contributed by atoms with Crippen molar-refractivity contribution in [3.05, 3.63) is 11.6 Å². The van der Waals surface area contributed by atoms with E-state index in [4.69, 9.17) is 0 Å². The van der Waals surface area contributed by atoms with E-state index in [9.17, 15) is 14.3 Å². The second kappa shape index (κ2) is 4.66. The lowest BCUT2D eigenvalue weighted by Crippen LogP contribution is -2.51. The number of aliphatic hydroxyl groups excluding tert-OH is 1. The maximum atomic E-state index is 14.1. The van der Waals surface area contributed by atoms with E-state index >= 15 is 0 Å². The van der Waals surface area contributed by atoms with Crippen LogP contribution in [-0.4, -0.2) is 23.2 Å². The van der Waals surface area contributed by atoms with Crippen molar-refractivity contribution in [3.8, 4) is 0 Å². The van der Waals surface area contributed by atoms with Gasteiger partial charge in [-0.15, -0.1) is 0 Å². The fourth-order valence-corrected chi connectivity index (χ4v) is 6.53. The molecule has 0 saturated heterocycles. The number of alkyl halides is 1. The summed E-state index contributed by atoms with van der Waals surface area (Å²) in [7, 11) is 0. The highest BCUT2D eigenvalue weighted by Gasteiger charge is 2.61. The van der Waals surface area contributed by atoms with Crippen LogP contribution in [0.3, 0.4) is 0 Å². The maximum Gasteiger partial charge on any atom is 0.173 e. The molecule has 0 radical (unpaired) electrons. The summed E-state index contributed by atoms with van der Waals surface area (Å²) in [5, 5.41) is 10.4. The molecular weight excluding hydrogens is 279 g/mol. The molecule has 0 aromatic rings. The number of aliphatic hydroxyl groups is 1. The minimum Gasteiger partial charge on any atom is -0.389 e. The van der Waals surface area contributed by atoms with E-state index in [0.29, 0.717) is 18.3 Å². The van der Waals surface area contributed by atoms with Crippen LogP contribution in [-0.2, 0) is 4.79 Å². The van der Waals surface area contributed by atoms with Gasteiger partial charge in [0.05, 0.1) is 6.10 Å². The van der Waals surface area contributed by atoms with Crippen LogP contribution < -0.4 is 0 Å². The molecule has 0 spiro atoms. The van der Waals surface area contributed by atoms with E-state index in [1.54, 1.807) is 0 Å². The summed E-state index contributed by atoms with van der Waals surface area (Å²) in [6, 6.07) is 0. The van der Waals surface area contributed by atoms with Gasteiger partial charge in [0.15, 0.2) is 12.0 Å². The molecule has 0 aromatic carbocycles. The third-order valence-corrected chi connectivity index (χ3v) is 7.76. The third kappa shape index (κ3) is 1.72. The molecule has 0 amide bonds. The average Bonchev–Trinajstić information content (AvgIpc) is 2.71. The van der Waals surface area contributed by atoms with Crippen molar-refractivity contribution < 1.29 is 14.3 Å². The van der Waals surface area contributed by atoms with Gasteiger partial charge >= 0.3 is 0 Å². The fraction of sp³-hybridized carbons (Fsp3) is 0.842. The van der Waals surface area contributed by atoms with E-state index in [1.165, 1.54) is 5.57 Å². The summed E-state index contributed by atoms with van der Waals surface area (Å²) < 4.78 is 14.1. The molecule has 2 nitrogen and oxygen atoms in total. The summed E-state index contributed by atoms with van der Waals surface area (Å²) in [6.45, 7) is 4.32. The fourth-order valence-electron chi connectivity index (χ4n) is 6.53. The van der Waals surface area contributed by atoms with Crippen LogP contribution in [0.1, 0.15) is 58.8 Å². The second-order valence-electron chi connectivity index (χ2n) is 8.62. The summed E-state index contributed by atoms with van der Waals surface area (Å²) in [6.07, 6.45) is 6.99. The number of hydrogen-bond acceptors (Lipinski definition) is 2. The molecule has 0 aromatic heterocycles. The van der Waals surface area contributed by atoms with Crippen molar-refractivity contribution >= 4 is 5.78 Å². The lowest BCUT2D eigenvalue weighted by atomic mass is 9.48. The van der Waals surface area contributed by atoms with Gasteiger partial charge in [-0.05, 0) is 73.7 Å². The predicted molar refractivity (Wildman–Crippen MR) is 83.0 cm³/mol. The summed E-state index contributed by atoms with van der Waals surface area (Å²) in [5.41, 5.74) is 0.874. The number of allylic oxidation sites excluding steroid dienone is 1. The average molecular weight is 306 g/mol. The quantitative estimate of drug-likeness (QED) is 0.691. The van der Waals surface area contributed by atoms with Crippen molar-refractivity contribution in [1.29, 1.82) is 0 Å². The van der Waals surface area contributed by atoms with E-state index in [1.807, 2.05) is 6.92 Å². The van der Waals surface area contributed by atoms with Crippen molar-refractivity contribution in [2.24, 2.45) is 28.6 Å². The molecule has 3 heteroatoms. The zero-order valence-corrected chi connectivity index (χ0v) is 13.6. The minimum absolute atomic E-state index is 0.0688. The van der Waals surface area contributed by atoms with Gasteiger partial charge in [-0.25, -0.2) is 4.39 Å². The Morgan fingerprint density at radius 1 is 1.18 bits per heavy atom. The largest absolute Gasteiger partial charge is 0.389 e. The second-order valence-corrected chi connectivity index (χ2v) is 8.62. The molecule has 7 atom stereocenters. The first-order valence-corrected chi connectivity index (χ1v) is 8.95. The van der Waals surface area contributed by atoms with Crippen LogP contribution >= 0.6 is 0 Å². The number of Topliss-reactive ketones (excluding diaryl/α,β-unsaturated/α-hetero) is 1. The summed E-state index contributed by atoms with van der Waals surface area (Å²) in [5.74, 6) is 0.989. The van der Waals surface area contributed by atoms with Gasteiger partial charge in [0, 0.05) is 5.41 Å². The van der Waals surface area contributed by atoms with E-state index < -0.39 is 11.6 Å². The number of fused-ring (bicyclic) bond motifs is 5. The molecule has 3 saturated carbocycles. The highest BCUT2D eigenvalue weighted by atomic mass is 19.1. The maximum absolute atomic E-state index is 14.1.